The van der Waals surface area contributed by atoms with Crippen LogP contribution < -0.4 is 19.7 Å². The van der Waals surface area contributed by atoms with Crippen LogP contribution in [0.1, 0.15) is 0 Å². The minimum atomic E-state index is -0.536. The molecule has 1 aliphatic rings. The fraction of sp³-hybridized carbons (Fsp3) is 0.154. The van der Waals surface area contributed by atoms with Gasteiger partial charge in [-0.3, -0.25) is 9.98 Å². The molecule has 2 aromatic heterocycles. The predicted octanol–water partition coefficient (Wildman–Crippen LogP) is 4.50. The number of ether oxygens (including phenoxy) is 2. The normalized spacial score (nSPS) is 12.7. The molecular weight excluding hydrogens is 447 g/mol. The van der Waals surface area contributed by atoms with E-state index in [-0.39, 0.29) is 18.0 Å². The second kappa shape index (κ2) is 9.76. The lowest BCUT2D eigenvalue weighted by Gasteiger charge is -2.26. The number of aliphatic imine (C=N–C) groups is 1. The van der Waals surface area contributed by atoms with E-state index >= 15 is 4.39 Å². The maximum atomic E-state index is 15.5. The van der Waals surface area contributed by atoms with Crippen molar-refractivity contribution in [1.29, 1.82) is 0 Å². The second-order valence-electron chi connectivity index (χ2n) is 7.72. The second-order valence-corrected chi connectivity index (χ2v) is 7.72. The van der Waals surface area contributed by atoms with Crippen molar-refractivity contribution >= 4 is 28.5 Å². The van der Waals surface area contributed by atoms with Gasteiger partial charge in [0, 0.05) is 23.9 Å². The van der Waals surface area contributed by atoms with Crippen molar-refractivity contribution in [2.24, 2.45) is 4.99 Å². The summed E-state index contributed by atoms with van der Waals surface area (Å²) in [4.78, 5) is 20.2. The third kappa shape index (κ3) is 4.61. The molecule has 8 nitrogen and oxygen atoms in total. The van der Waals surface area contributed by atoms with Crippen molar-refractivity contribution in [3.8, 4) is 22.8 Å². The number of methoxy groups -OCH3 is 2. The van der Waals surface area contributed by atoms with Crippen molar-refractivity contribution < 1.29 is 13.9 Å². The molecule has 0 amide bonds. The average molecular weight is 471 g/mol. The summed E-state index contributed by atoms with van der Waals surface area (Å²) < 4.78 is 26.2. The highest BCUT2D eigenvalue weighted by molar-refractivity contribution is 5.90. The van der Waals surface area contributed by atoms with E-state index in [1.54, 1.807) is 23.2 Å². The summed E-state index contributed by atoms with van der Waals surface area (Å²) in [7, 11) is 2.94. The molecule has 0 bridgehead atoms. The summed E-state index contributed by atoms with van der Waals surface area (Å²) in [6.07, 6.45) is 5.43. The Morgan fingerprint density at radius 3 is 2.63 bits per heavy atom. The lowest BCUT2D eigenvalue weighted by molar-refractivity contribution is 0.374. The van der Waals surface area contributed by atoms with E-state index in [4.69, 9.17) is 19.4 Å². The van der Waals surface area contributed by atoms with Gasteiger partial charge in [-0.15, -0.1) is 0 Å². The van der Waals surface area contributed by atoms with Crippen LogP contribution in [-0.4, -0.2) is 48.1 Å². The average Bonchev–Trinajstić information content (AvgIpc) is 2.92. The fourth-order valence-electron chi connectivity index (χ4n) is 3.76. The molecule has 0 unspecified atom stereocenters. The first-order chi connectivity index (χ1) is 17.2. The smallest absolute Gasteiger partial charge is 0.188 e. The molecule has 4 aromatic rings. The largest absolute Gasteiger partial charge is 0.497 e. The summed E-state index contributed by atoms with van der Waals surface area (Å²) in [5.74, 6) is 1.12. The van der Waals surface area contributed by atoms with Crippen molar-refractivity contribution in [1.82, 2.24) is 20.3 Å². The highest BCUT2D eigenvalue weighted by atomic mass is 19.1. The number of rotatable bonds is 7. The molecule has 0 atom stereocenters. The lowest BCUT2D eigenvalue weighted by atomic mass is 10.2. The van der Waals surface area contributed by atoms with Crippen molar-refractivity contribution in [3.05, 3.63) is 78.9 Å². The number of hydrogen-bond acceptors (Lipinski definition) is 8. The van der Waals surface area contributed by atoms with Gasteiger partial charge in [-0.25, -0.2) is 14.4 Å². The Balaban J connectivity index is 1.63. The summed E-state index contributed by atoms with van der Waals surface area (Å²) in [6.45, 7) is 0.777. The van der Waals surface area contributed by atoms with Crippen LogP contribution in [0.25, 0.3) is 22.4 Å². The molecule has 0 saturated carbocycles. The first-order valence-electron chi connectivity index (χ1n) is 11.0. The van der Waals surface area contributed by atoms with Gasteiger partial charge in [-0.1, -0.05) is 30.3 Å². The summed E-state index contributed by atoms with van der Waals surface area (Å²) in [5.41, 5.74) is 2.95. The van der Waals surface area contributed by atoms with Gasteiger partial charge in [0.1, 0.15) is 22.9 Å². The van der Waals surface area contributed by atoms with Gasteiger partial charge in [0.05, 0.1) is 44.9 Å². The highest BCUT2D eigenvalue weighted by Gasteiger charge is 2.23. The van der Waals surface area contributed by atoms with Crippen LogP contribution in [0, 0.1) is 5.82 Å². The Kier molecular flexibility index (Phi) is 6.21. The molecule has 3 heterocycles. The van der Waals surface area contributed by atoms with Crippen molar-refractivity contribution in [2.45, 2.75) is 0 Å². The van der Waals surface area contributed by atoms with Gasteiger partial charge < -0.3 is 19.7 Å². The third-order valence-corrected chi connectivity index (χ3v) is 5.54. The van der Waals surface area contributed by atoms with Gasteiger partial charge in [0.25, 0.3) is 0 Å². The molecule has 1 N–H and O–H groups in total. The van der Waals surface area contributed by atoms with Crippen LogP contribution in [0.2, 0.25) is 0 Å². The Morgan fingerprint density at radius 2 is 1.89 bits per heavy atom. The van der Waals surface area contributed by atoms with Crippen molar-refractivity contribution in [3.63, 3.8) is 0 Å². The molecule has 5 rings (SSSR count). The molecule has 0 spiro atoms. The molecule has 0 saturated heterocycles. The van der Waals surface area contributed by atoms with E-state index in [0.717, 1.165) is 5.56 Å². The SMILES string of the molecule is COc1cc(OC)c(F)c(N(CC2=NCC=CN2)c2ccc3ncc(-c4ccccc4)nc3n2)c1. The number of benzene rings is 2. The molecule has 9 heteroatoms. The molecule has 0 aliphatic carbocycles. The fourth-order valence-corrected chi connectivity index (χ4v) is 3.76. The van der Waals surface area contributed by atoms with Crippen LogP contribution in [-0.2, 0) is 0 Å². The molecule has 0 fully saturated rings. The van der Waals surface area contributed by atoms with E-state index < -0.39 is 5.82 Å². The van der Waals surface area contributed by atoms with Crippen molar-refractivity contribution in [2.75, 3.05) is 32.2 Å². The minimum Gasteiger partial charge on any atom is -0.497 e. The maximum Gasteiger partial charge on any atom is 0.188 e. The number of nitrogens with zero attached hydrogens (tertiary/aromatic N) is 5. The van der Waals surface area contributed by atoms with E-state index in [0.29, 0.717) is 40.8 Å². The standard InChI is InChI=1S/C26H23FN6O2/c1-34-18-13-21(25(27)22(14-18)35-2)33(16-23-28-11-6-12-29-23)24-10-9-19-26(32-24)31-20(15-30-19)17-7-4-3-5-8-17/h3-11,13-15H,12,16H2,1-2H3,(H,28,29). The number of amidine groups is 1. The minimum absolute atomic E-state index is 0.0646. The monoisotopic (exact) mass is 470 g/mol. The molecule has 1 aliphatic heterocycles. The molecule has 2 aromatic carbocycles. The van der Waals surface area contributed by atoms with Crippen LogP contribution in [0.15, 0.2) is 78.1 Å². The number of aromatic nitrogens is 3. The number of halogens is 1. The van der Waals surface area contributed by atoms with E-state index in [2.05, 4.69) is 15.3 Å². The molecular formula is C26H23FN6O2. The zero-order valence-corrected chi connectivity index (χ0v) is 19.3. The van der Waals surface area contributed by atoms with Crippen LogP contribution in [0.4, 0.5) is 15.9 Å². The van der Waals surface area contributed by atoms with Gasteiger partial charge in [-0.2, -0.15) is 0 Å². The first kappa shape index (κ1) is 22.3. The zero-order valence-electron chi connectivity index (χ0n) is 19.3. The summed E-state index contributed by atoms with van der Waals surface area (Å²) in [5, 5.41) is 3.12. The molecule has 0 radical (unpaired) electrons. The van der Waals surface area contributed by atoms with Crippen LogP contribution in [0.3, 0.4) is 0 Å². The predicted molar refractivity (Wildman–Crippen MR) is 134 cm³/mol. The topological polar surface area (TPSA) is 84.8 Å². The third-order valence-electron chi connectivity index (χ3n) is 5.54. The van der Waals surface area contributed by atoms with Gasteiger partial charge in [0.2, 0.25) is 0 Å². The van der Waals surface area contributed by atoms with Gasteiger partial charge in [0.15, 0.2) is 17.2 Å². The molecule has 35 heavy (non-hydrogen) atoms. The van der Waals surface area contributed by atoms with Crippen LogP contribution >= 0.6 is 0 Å². The Hall–Kier alpha value is -4.53. The molecule has 176 valence electrons. The summed E-state index contributed by atoms with van der Waals surface area (Å²) >= 11 is 0. The van der Waals surface area contributed by atoms with E-state index in [1.165, 1.54) is 20.3 Å². The van der Waals surface area contributed by atoms with E-state index in [1.807, 2.05) is 48.7 Å². The quantitative estimate of drug-likeness (QED) is 0.426. The number of fused-ring (bicyclic) bond motifs is 1. The highest BCUT2D eigenvalue weighted by Crippen LogP contribution is 2.36. The number of pyridine rings is 1. The first-order valence-corrected chi connectivity index (χ1v) is 11.0. The van der Waals surface area contributed by atoms with E-state index in [9.17, 15) is 0 Å². The summed E-state index contributed by atoms with van der Waals surface area (Å²) in [6, 6.07) is 16.5. The lowest BCUT2D eigenvalue weighted by Crippen LogP contribution is -2.35. The maximum absolute atomic E-state index is 15.5. The number of nitrogens with one attached hydrogen (secondary N) is 1. The number of anilines is 2. The Labute approximate surface area is 201 Å². The van der Waals surface area contributed by atoms with Gasteiger partial charge >= 0.3 is 0 Å². The Morgan fingerprint density at radius 1 is 1.03 bits per heavy atom. The zero-order chi connectivity index (χ0) is 24.2. The van der Waals surface area contributed by atoms with Crippen LogP contribution in [0.5, 0.6) is 11.5 Å². The number of hydrogen-bond donors (Lipinski definition) is 1. The van der Waals surface area contributed by atoms with Gasteiger partial charge in [-0.05, 0) is 18.2 Å². The Bertz CT molecular complexity index is 1420.